The summed E-state index contributed by atoms with van der Waals surface area (Å²) >= 11 is 5.96. The van der Waals surface area contributed by atoms with Gasteiger partial charge < -0.3 is 11.5 Å². The monoisotopic (exact) mass is 267 g/mol. The molecule has 1 heterocycles. The number of nitrogens with two attached hydrogens (primary N) is 2. The van der Waals surface area contributed by atoms with Crippen LogP contribution in [0.15, 0.2) is 18.2 Å². The van der Waals surface area contributed by atoms with Crippen molar-refractivity contribution in [3.63, 3.8) is 0 Å². The minimum atomic E-state index is -0.423. The van der Waals surface area contributed by atoms with Crippen molar-refractivity contribution in [3.05, 3.63) is 28.8 Å². The number of nitrogen functional groups attached to an aromatic ring is 1. The van der Waals surface area contributed by atoms with E-state index in [1.54, 1.807) is 12.1 Å². The van der Waals surface area contributed by atoms with Crippen LogP contribution in [0.3, 0.4) is 0 Å². The van der Waals surface area contributed by atoms with E-state index in [1.807, 2.05) is 13.0 Å². The molecule has 0 aliphatic carbocycles. The number of hydrogen-bond acceptors (Lipinski definition) is 3. The summed E-state index contributed by atoms with van der Waals surface area (Å²) in [6.07, 6.45) is 0.794. The van der Waals surface area contributed by atoms with Gasteiger partial charge in [0.2, 0.25) is 5.91 Å². The van der Waals surface area contributed by atoms with E-state index in [-0.39, 0.29) is 5.91 Å². The van der Waals surface area contributed by atoms with E-state index in [0.29, 0.717) is 18.1 Å². The Morgan fingerprint density at radius 3 is 2.89 bits per heavy atom. The van der Waals surface area contributed by atoms with Crippen molar-refractivity contribution in [2.45, 2.75) is 19.9 Å². The molecular formula is C13H18ClN3O. The number of nitrogens with zero attached hydrogens (tertiary/aromatic N) is 1. The molecule has 1 fully saturated rings. The number of rotatable bonds is 3. The molecule has 1 aromatic rings. The number of likely N-dealkylation sites (tertiary alicyclic amines) is 1. The SMILES string of the molecule is CC1(C(N)=O)CCN(Cc2cc(Cl)ccc2N)C1. The second kappa shape index (κ2) is 4.78. The highest BCUT2D eigenvalue weighted by Gasteiger charge is 2.38. The van der Waals surface area contributed by atoms with Crippen molar-refractivity contribution < 1.29 is 4.79 Å². The fraction of sp³-hybridized carbons (Fsp3) is 0.462. The zero-order valence-electron chi connectivity index (χ0n) is 10.4. The molecule has 0 aromatic heterocycles. The van der Waals surface area contributed by atoms with Gasteiger partial charge >= 0.3 is 0 Å². The van der Waals surface area contributed by atoms with Crippen LogP contribution in [0.2, 0.25) is 5.02 Å². The van der Waals surface area contributed by atoms with Crippen LogP contribution in [0.25, 0.3) is 0 Å². The first-order chi connectivity index (χ1) is 8.40. The van der Waals surface area contributed by atoms with Crippen LogP contribution >= 0.6 is 11.6 Å². The van der Waals surface area contributed by atoms with Gasteiger partial charge in [0.1, 0.15) is 0 Å². The minimum absolute atomic E-state index is 0.232. The minimum Gasteiger partial charge on any atom is -0.398 e. The van der Waals surface area contributed by atoms with Gasteiger partial charge in [0.25, 0.3) is 0 Å². The van der Waals surface area contributed by atoms with E-state index < -0.39 is 5.41 Å². The molecular weight excluding hydrogens is 250 g/mol. The van der Waals surface area contributed by atoms with Crippen molar-refractivity contribution in [2.75, 3.05) is 18.8 Å². The third-order valence-corrected chi connectivity index (χ3v) is 3.88. The topological polar surface area (TPSA) is 72.4 Å². The molecule has 1 atom stereocenters. The second-order valence-corrected chi connectivity index (χ2v) is 5.67. The Morgan fingerprint density at radius 2 is 2.28 bits per heavy atom. The molecule has 1 aliphatic rings. The van der Waals surface area contributed by atoms with Crippen LogP contribution in [-0.4, -0.2) is 23.9 Å². The molecule has 0 saturated carbocycles. The van der Waals surface area contributed by atoms with Crippen molar-refractivity contribution in [1.82, 2.24) is 4.90 Å². The van der Waals surface area contributed by atoms with Gasteiger partial charge in [-0.25, -0.2) is 0 Å². The molecule has 2 rings (SSSR count). The van der Waals surface area contributed by atoms with E-state index in [9.17, 15) is 4.79 Å². The lowest BCUT2D eigenvalue weighted by Crippen LogP contribution is -2.37. The first-order valence-electron chi connectivity index (χ1n) is 5.97. The average Bonchev–Trinajstić information content (AvgIpc) is 2.67. The summed E-state index contributed by atoms with van der Waals surface area (Å²) in [4.78, 5) is 13.6. The Bertz CT molecular complexity index is 477. The van der Waals surface area contributed by atoms with Gasteiger partial charge in [0.15, 0.2) is 0 Å². The molecule has 0 radical (unpaired) electrons. The van der Waals surface area contributed by atoms with Crippen LogP contribution in [0.4, 0.5) is 5.69 Å². The number of carbonyl (C=O) groups is 1. The predicted octanol–water partition coefficient (Wildman–Crippen LogP) is 1.62. The molecule has 4 N–H and O–H groups in total. The second-order valence-electron chi connectivity index (χ2n) is 5.23. The zero-order chi connectivity index (χ0) is 13.3. The summed E-state index contributed by atoms with van der Waals surface area (Å²) in [5.74, 6) is -0.232. The van der Waals surface area contributed by atoms with Crippen LogP contribution in [0, 0.1) is 5.41 Å². The average molecular weight is 268 g/mol. The first kappa shape index (κ1) is 13.2. The Morgan fingerprint density at radius 1 is 1.56 bits per heavy atom. The van der Waals surface area contributed by atoms with Gasteiger partial charge in [-0.3, -0.25) is 9.69 Å². The van der Waals surface area contributed by atoms with Gasteiger partial charge in [-0.05, 0) is 43.7 Å². The first-order valence-corrected chi connectivity index (χ1v) is 6.35. The van der Waals surface area contributed by atoms with Gasteiger partial charge in [-0.1, -0.05) is 11.6 Å². The van der Waals surface area contributed by atoms with E-state index in [4.69, 9.17) is 23.1 Å². The highest BCUT2D eigenvalue weighted by Crippen LogP contribution is 2.31. The lowest BCUT2D eigenvalue weighted by molar-refractivity contribution is -0.126. The lowest BCUT2D eigenvalue weighted by atomic mass is 9.89. The fourth-order valence-electron chi connectivity index (χ4n) is 2.34. The fourth-order valence-corrected chi connectivity index (χ4v) is 2.54. The summed E-state index contributed by atoms with van der Waals surface area (Å²) in [6, 6.07) is 5.45. The standard InChI is InChI=1S/C13H18ClN3O/c1-13(12(16)18)4-5-17(8-13)7-9-6-10(14)2-3-11(9)15/h2-3,6H,4-5,7-8,15H2,1H3,(H2,16,18). The quantitative estimate of drug-likeness (QED) is 0.818. The number of benzene rings is 1. The molecule has 1 unspecified atom stereocenters. The summed E-state index contributed by atoms with van der Waals surface area (Å²) in [5.41, 5.74) is 12.7. The van der Waals surface area contributed by atoms with Crippen molar-refractivity contribution in [1.29, 1.82) is 0 Å². The summed E-state index contributed by atoms with van der Waals surface area (Å²) in [5, 5.41) is 0.677. The van der Waals surface area contributed by atoms with Crippen LogP contribution < -0.4 is 11.5 Å². The number of primary amides is 1. The van der Waals surface area contributed by atoms with E-state index >= 15 is 0 Å². The predicted molar refractivity (Wildman–Crippen MR) is 73.1 cm³/mol. The maximum Gasteiger partial charge on any atom is 0.224 e. The van der Waals surface area contributed by atoms with Crippen LogP contribution in [0.5, 0.6) is 0 Å². The number of halogens is 1. The summed E-state index contributed by atoms with van der Waals surface area (Å²) in [6.45, 7) is 4.14. The Labute approximate surface area is 112 Å². The van der Waals surface area contributed by atoms with Crippen molar-refractivity contribution in [3.8, 4) is 0 Å². The third kappa shape index (κ3) is 2.60. The number of amides is 1. The largest absolute Gasteiger partial charge is 0.398 e. The molecule has 98 valence electrons. The lowest BCUT2D eigenvalue weighted by Gasteiger charge is -2.21. The Kier molecular flexibility index (Phi) is 3.50. The number of anilines is 1. The van der Waals surface area contributed by atoms with Gasteiger partial charge in [-0.2, -0.15) is 0 Å². The molecule has 18 heavy (non-hydrogen) atoms. The summed E-state index contributed by atoms with van der Waals surface area (Å²) in [7, 11) is 0. The third-order valence-electron chi connectivity index (χ3n) is 3.65. The Hall–Kier alpha value is -1.26. The molecule has 1 amide bonds. The summed E-state index contributed by atoms with van der Waals surface area (Å²) < 4.78 is 0. The number of carbonyl (C=O) groups excluding carboxylic acids is 1. The van der Waals surface area contributed by atoms with Crippen molar-refractivity contribution in [2.24, 2.45) is 11.1 Å². The van der Waals surface area contributed by atoms with Crippen LogP contribution in [0.1, 0.15) is 18.9 Å². The molecule has 0 bridgehead atoms. The van der Waals surface area contributed by atoms with Crippen LogP contribution in [-0.2, 0) is 11.3 Å². The molecule has 4 nitrogen and oxygen atoms in total. The highest BCUT2D eigenvalue weighted by molar-refractivity contribution is 6.30. The molecule has 5 heteroatoms. The maximum atomic E-state index is 11.4. The van der Waals surface area contributed by atoms with Crippen molar-refractivity contribution >= 4 is 23.2 Å². The van der Waals surface area contributed by atoms with Gasteiger partial charge in [0.05, 0.1) is 5.41 Å². The molecule has 1 aliphatic heterocycles. The van der Waals surface area contributed by atoms with Gasteiger partial charge in [-0.15, -0.1) is 0 Å². The van der Waals surface area contributed by atoms with E-state index in [2.05, 4.69) is 4.90 Å². The zero-order valence-corrected chi connectivity index (χ0v) is 11.2. The highest BCUT2D eigenvalue weighted by atomic mass is 35.5. The maximum absolute atomic E-state index is 11.4. The van der Waals surface area contributed by atoms with E-state index in [1.165, 1.54) is 0 Å². The Balaban J connectivity index is 2.08. The molecule has 1 saturated heterocycles. The van der Waals surface area contributed by atoms with E-state index in [0.717, 1.165) is 24.2 Å². The smallest absolute Gasteiger partial charge is 0.224 e. The molecule has 1 aromatic carbocycles. The number of hydrogen-bond donors (Lipinski definition) is 2. The molecule has 0 spiro atoms. The van der Waals surface area contributed by atoms with Gasteiger partial charge in [0, 0.05) is 23.8 Å². The normalized spacial score (nSPS) is 24.3.